The lowest BCUT2D eigenvalue weighted by atomic mass is 10.1. The summed E-state index contributed by atoms with van der Waals surface area (Å²) in [6.07, 6.45) is 2.66. The molecular weight excluding hydrogens is 376 g/mol. The van der Waals surface area contributed by atoms with Crippen molar-refractivity contribution in [3.05, 3.63) is 60.8 Å². The summed E-state index contributed by atoms with van der Waals surface area (Å²) < 4.78 is 31.9. The fraction of sp³-hybridized carbons (Fsp3) is 0.100. The molecule has 7 nitrogen and oxygen atoms in total. The number of aromatic nitrogens is 3. The molecule has 2 N–H and O–H groups in total. The molecule has 0 fully saturated rings. The molecule has 0 atom stereocenters. The summed E-state index contributed by atoms with van der Waals surface area (Å²) in [4.78, 5) is 4.66. The topological polar surface area (TPSA) is 100 Å². The molecule has 0 spiro atoms. The van der Waals surface area contributed by atoms with E-state index in [2.05, 4.69) is 10.1 Å². The number of rotatable bonds is 4. The number of para-hydroxylation sites is 1. The third-order valence-corrected chi connectivity index (χ3v) is 5.60. The van der Waals surface area contributed by atoms with Crippen LogP contribution in [0.5, 0.6) is 5.75 Å². The summed E-state index contributed by atoms with van der Waals surface area (Å²) in [6.45, 7) is 0. The Hall–Kier alpha value is -3.39. The van der Waals surface area contributed by atoms with Gasteiger partial charge in [0.05, 0.1) is 35.8 Å². The minimum absolute atomic E-state index is 0.00206. The predicted molar refractivity (Wildman–Crippen MR) is 108 cm³/mol. The maximum Gasteiger partial charge on any atom is 0.179 e. The number of fused-ring (bicyclic) bond motifs is 1. The molecule has 8 heteroatoms. The van der Waals surface area contributed by atoms with Gasteiger partial charge in [0.2, 0.25) is 0 Å². The Morgan fingerprint density at radius 1 is 1.04 bits per heavy atom. The van der Waals surface area contributed by atoms with Gasteiger partial charge < -0.3 is 10.5 Å². The Morgan fingerprint density at radius 3 is 2.32 bits per heavy atom. The first-order valence-corrected chi connectivity index (χ1v) is 10.4. The van der Waals surface area contributed by atoms with Crippen LogP contribution in [0.3, 0.4) is 0 Å². The highest BCUT2D eigenvalue weighted by Crippen LogP contribution is 2.36. The van der Waals surface area contributed by atoms with Crippen molar-refractivity contribution in [1.29, 1.82) is 0 Å². The second kappa shape index (κ2) is 6.65. The van der Waals surface area contributed by atoms with Crippen LogP contribution in [0.4, 0.5) is 5.69 Å². The summed E-state index contributed by atoms with van der Waals surface area (Å²) in [5, 5.41) is 4.86. The molecule has 0 radical (unpaired) electrons. The largest absolute Gasteiger partial charge is 0.497 e. The van der Waals surface area contributed by atoms with Crippen molar-refractivity contribution >= 4 is 26.6 Å². The zero-order chi connectivity index (χ0) is 19.9. The minimum Gasteiger partial charge on any atom is -0.497 e. The second-order valence-corrected chi connectivity index (χ2v) is 8.29. The number of nitrogens with zero attached hydrogens (tertiary/aromatic N) is 3. The lowest BCUT2D eigenvalue weighted by Crippen LogP contribution is -2.08. The van der Waals surface area contributed by atoms with Crippen molar-refractivity contribution in [3.8, 4) is 22.7 Å². The third-order valence-electron chi connectivity index (χ3n) is 4.45. The van der Waals surface area contributed by atoms with Crippen molar-refractivity contribution in [1.82, 2.24) is 14.8 Å². The van der Waals surface area contributed by atoms with E-state index in [0.717, 1.165) is 11.9 Å². The number of pyridine rings is 1. The van der Waals surface area contributed by atoms with E-state index < -0.39 is 9.84 Å². The smallest absolute Gasteiger partial charge is 0.179 e. The number of methoxy groups -OCH3 is 1. The Morgan fingerprint density at radius 2 is 1.71 bits per heavy atom. The Balaban J connectivity index is 2.06. The number of nitrogen functional groups attached to an aromatic ring is 1. The van der Waals surface area contributed by atoms with Gasteiger partial charge in [-0.2, -0.15) is 5.10 Å². The maximum atomic E-state index is 12.5. The van der Waals surface area contributed by atoms with E-state index in [4.69, 9.17) is 10.5 Å². The molecule has 0 bridgehead atoms. The summed E-state index contributed by atoms with van der Waals surface area (Å²) in [7, 11) is -2.06. The number of anilines is 1. The first kappa shape index (κ1) is 18.0. The van der Waals surface area contributed by atoms with Gasteiger partial charge in [0.1, 0.15) is 10.6 Å². The fourth-order valence-electron chi connectivity index (χ4n) is 3.12. The minimum atomic E-state index is -3.63. The van der Waals surface area contributed by atoms with Gasteiger partial charge in [-0.25, -0.2) is 18.1 Å². The molecule has 2 aromatic heterocycles. The van der Waals surface area contributed by atoms with Gasteiger partial charge in [-0.3, -0.25) is 0 Å². The van der Waals surface area contributed by atoms with Crippen LogP contribution in [0, 0.1) is 0 Å². The number of hydrogen-bond donors (Lipinski definition) is 1. The van der Waals surface area contributed by atoms with E-state index in [1.54, 1.807) is 36.1 Å². The highest BCUT2D eigenvalue weighted by Gasteiger charge is 2.24. The summed E-state index contributed by atoms with van der Waals surface area (Å²) in [5.74, 6) is 0.660. The van der Waals surface area contributed by atoms with Crippen molar-refractivity contribution in [2.45, 2.75) is 4.90 Å². The Kier molecular flexibility index (Phi) is 4.27. The van der Waals surface area contributed by atoms with Gasteiger partial charge in [-0.05, 0) is 36.4 Å². The van der Waals surface area contributed by atoms with Gasteiger partial charge in [-0.15, -0.1) is 0 Å². The van der Waals surface area contributed by atoms with Crippen LogP contribution >= 0.6 is 0 Å². The molecule has 0 saturated heterocycles. The average Bonchev–Trinajstić information content (AvgIpc) is 3.12. The molecule has 2 heterocycles. The van der Waals surface area contributed by atoms with Crippen LogP contribution in [-0.2, 0) is 9.84 Å². The normalized spacial score (nSPS) is 11.6. The van der Waals surface area contributed by atoms with Gasteiger partial charge in [-0.1, -0.05) is 18.2 Å². The summed E-state index contributed by atoms with van der Waals surface area (Å²) >= 11 is 0. The van der Waals surface area contributed by atoms with Gasteiger partial charge in [0, 0.05) is 11.8 Å². The molecule has 0 aliphatic carbocycles. The third kappa shape index (κ3) is 2.97. The van der Waals surface area contributed by atoms with Crippen molar-refractivity contribution in [2.75, 3.05) is 19.1 Å². The molecule has 0 saturated carbocycles. The Labute approximate surface area is 162 Å². The van der Waals surface area contributed by atoms with Gasteiger partial charge in [0.25, 0.3) is 0 Å². The van der Waals surface area contributed by atoms with E-state index in [1.807, 2.05) is 30.3 Å². The van der Waals surface area contributed by atoms with E-state index in [0.29, 0.717) is 22.3 Å². The number of hydrogen-bond acceptors (Lipinski definition) is 6. The molecule has 0 amide bonds. The first-order chi connectivity index (χ1) is 13.4. The highest BCUT2D eigenvalue weighted by atomic mass is 32.2. The zero-order valence-corrected chi connectivity index (χ0v) is 16.1. The van der Waals surface area contributed by atoms with Crippen molar-refractivity contribution < 1.29 is 13.2 Å². The fourth-order valence-corrected chi connectivity index (χ4v) is 4.15. The lowest BCUT2D eigenvalue weighted by molar-refractivity contribution is 0.415. The molecule has 4 rings (SSSR count). The molecule has 28 heavy (non-hydrogen) atoms. The van der Waals surface area contributed by atoms with Crippen molar-refractivity contribution in [2.24, 2.45) is 0 Å². The molecule has 0 aliphatic rings. The number of benzene rings is 2. The zero-order valence-electron chi connectivity index (χ0n) is 15.3. The predicted octanol–water partition coefficient (Wildman–Crippen LogP) is 3.08. The lowest BCUT2D eigenvalue weighted by Gasteiger charge is -2.13. The quantitative estimate of drug-likeness (QED) is 0.571. The molecule has 2 aromatic carbocycles. The van der Waals surface area contributed by atoms with Crippen LogP contribution < -0.4 is 10.5 Å². The van der Waals surface area contributed by atoms with Gasteiger partial charge >= 0.3 is 0 Å². The average molecular weight is 394 g/mol. The van der Waals surface area contributed by atoms with Crippen LogP contribution in [0.1, 0.15) is 0 Å². The number of ether oxygens (including phenoxy) is 1. The number of nitrogens with two attached hydrogens (primary N) is 1. The highest BCUT2D eigenvalue weighted by molar-refractivity contribution is 7.91. The van der Waals surface area contributed by atoms with Crippen LogP contribution in [0.25, 0.3) is 28.0 Å². The Bertz CT molecular complexity index is 1260. The van der Waals surface area contributed by atoms with Crippen LogP contribution in [-0.4, -0.2) is 36.5 Å². The van der Waals surface area contributed by atoms with E-state index >= 15 is 0 Å². The van der Waals surface area contributed by atoms with Crippen molar-refractivity contribution in [3.63, 3.8) is 0 Å². The van der Waals surface area contributed by atoms with Crippen LogP contribution in [0.2, 0.25) is 0 Å². The monoisotopic (exact) mass is 394 g/mol. The molecular formula is C20H18N4O3S. The number of sulfone groups is 1. The molecule has 4 aromatic rings. The molecule has 0 aliphatic heterocycles. The maximum absolute atomic E-state index is 12.5. The standard InChI is InChI=1S/C20H18N4O3S/c1-27-15-10-8-13(9-11-15)18-19(28(2,25)26)17(21)16-12-22-24(20(16)23-18)14-6-4-3-5-7-14/h3-12H,1-2H3,(H2,21,23). The van der Waals surface area contributed by atoms with Gasteiger partial charge in [0.15, 0.2) is 15.5 Å². The first-order valence-electron chi connectivity index (χ1n) is 8.47. The van der Waals surface area contributed by atoms with Crippen LogP contribution in [0.15, 0.2) is 65.7 Å². The second-order valence-electron chi connectivity index (χ2n) is 6.33. The van der Waals surface area contributed by atoms with E-state index in [9.17, 15) is 8.42 Å². The summed E-state index contributed by atoms with van der Waals surface area (Å²) in [5.41, 5.74) is 8.63. The van der Waals surface area contributed by atoms with E-state index in [1.165, 1.54) is 6.20 Å². The SMILES string of the molecule is COc1ccc(-c2nc3c(cnn3-c3ccccc3)c(N)c2S(C)(=O)=O)cc1. The van der Waals surface area contributed by atoms with E-state index in [-0.39, 0.29) is 16.3 Å². The molecule has 0 unspecified atom stereocenters. The summed E-state index contributed by atoms with van der Waals surface area (Å²) in [6, 6.07) is 16.5. The molecule has 142 valence electrons.